The molecule has 0 saturated carbocycles. The molecule has 0 N–H and O–H groups in total. The first-order valence-electron chi connectivity index (χ1n) is 9.45. The van der Waals surface area contributed by atoms with E-state index in [1.54, 1.807) is 0 Å². The fourth-order valence-electron chi connectivity index (χ4n) is 3.68. The Bertz CT molecular complexity index is 845. The Labute approximate surface area is 173 Å². The Kier molecular flexibility index (Phi) is 6.19. The molecule has 2 aliphatic heterocycles. The first-order valence-corrected chi connectivity index (χ1v) is 9.45. The monoisotopic (exact) mass is 451 g/mol. The van der Waals surface area contributed by atoms with Gasteiger partial charge in [-0.05, 0) is 24.3 Å². The minimum absolute atomic E-state index is 0.0805. The second-order valence-corrected chi connectivity index (χ2v) is 7.48. The standard InChI is InChI=1S/C19H19F6N3O3/c20-18(21,22)11-28-10-13(9-15(28)29)17(31)27-7-5-26(6-8-27)16(30)12-1-3-14(4-2-12)19(23,24)25/h1-4,13H,5-11H2. The van der Waals surface area contributed by atoms with Crippen LogP contribution in [0.1, 0.15) is 22.3 Å². The molecule has 2 heterocycles. The number of carbonyl (C=O) groups excluding carboxylic acids is 3. The molecule has 170 valence electrons. The molecule has 1 unspecified atom stereocenters. The zero-order valence-electron chi connectivity index (χ0n) is 16.2. The third-order valence-electron chi connectivity index (χ3n) is 5.27. The van der Waals surface area contributed by atoms with Crippen LogP contribution in [0.3, 0.4) is 0 Å². The number of likely N-dealkylation sites (tertiary alicyclic amines) is 1. The number of benzene rings is 1. The van der Waals surface area contributed by atoms with Crippen molar-refractivity contribution in [1.82, 2.24) is 14.7 Å². The number of halogens is 6. The fourth-order valence-corrected chi connectivity index (χ4v) is 3.68. The minimum Gasteiger partial charge on any atom is -0.339 e. The Morgan fingerprint density at radius 1 is 0.903 bits per heavy atom. The van der Waals surface area contributed by atoms with Gasteiger partial charge in [0.25, 0.3) is 5.91 Å². The Morgan fingerprint density at radius 2 is 1.45 bits per heavy atom. The van der Waals surface area contributed by atoms with Crippen LogP contribution in [-0.2, 0) is 15.8 Å². The van der Waals surface area contributed by atoms with Crippen molar-refractivity contribution in [3.8, 4) is 0 Å². The molecule has 0 radical (unpaired) electrons. The van der Waals surface area contributed by atoms with E-state index in [0.29, 0.717) is 4.90 Å². The first kappa shape index (κ1) is 22.9. The van der Waals surface area contributed by atoms with Crippen LogP contribution in [0.25, 0.3) is 0 Å². The largest absolute Gasteiger partial charge is 0.416 e. The second kappa shape index (κ2) is 8.39. The van der Waals surface area contributed by atoms with E-state index in [1.807, 2.05) is 0 Å². The summed E-state index contributed by atoms with van der Waals surface area (Å²) in [5.41, 5.74) is -0.790. The lowest BCUT2D eigenvalue weighted by atomic mass is 10.1. The quantitative estimate of drug-likeness (QED) is 0.664. The van der Waals surface area contributed by atoms with Crippen LogP contribution in [0.5, 0.6) is 0 Å². The number of amides is 3. The average molecular weight is 451 g/mol. The number of alkyl halides is 6. The highest BCUT2D eigenvalue weighted by atomic mass is 19.4. The van der Waals surface area contributed by atoms with E-state index >= 15 is 0 Å². The maximum atomic E-state index is 12.6. The molecule has 2 aliphatic rings. The van der Waals surface area contributed by atoms with Gasteiger partial charge >= 0.3 is 12.4 Å². The number of carbonyl (C=O) groups is 3. The van der Waals surface area contributed by atoms with Crippen LogP contribution in [0.15, 0.2) is 24.3 Å². The molecular weight excluding hydrogens is 432 g/mol. The second-order valence-electron chi connectivity index (χ2n) is 7.48. The normalized spacial score (nSPS) is 20.4. The molecule has 1 aromatic carbocycles. The highest BCUT2D eigenvalue weighted by molar-refractivity contribution is 5.94. The van der Waals surface area contributed by atoms with E-state index in [2.05, 4.69) is 0 Å². The van der Waals surface area contributed by atoms with Crippen LogP contribution in [0.4, 0.5) is 26.3 Å². The lowest BCUT2D eigenvalue weighted by molar-refractivity contribution is -0.157. The average Bonchev–Trinajstić information content (AvgIpc) is 3.05. The number of rotatable bonds is 3. The number of hydrogen-bond acceptors (Lipinski definition) is 3. The zero-order valence-corrected chi connectivity index (χ0v) is 16.2. The molecule has 6 nitrogen and oxygen atoms in total. The summed E-state index contributed by atoms with van der Waals surface area (Å²) >= 11 is 0. The van der Waals surface area contributed by atoms with Gasteiger partial charge in [-0.25, -0.2) is 0 Å². The van der Waals surface area contributed by atoms with Crippen molar-refractivity contribution in [3.63, 3.8) is 0 Å². The van der Waals surface area contributed by atoms with E-state index < -0.39 is 48.1 Å². The Balaban J connectivity index is 1.54. The van der Waals surface area contributed by atoms with E-state index in [0.717, 1.165) is 24.3 Å². The lowest BCUT2D eigenvalue weighted by Crippen LogP contribution is -2.52. The van der Waals surface area contributed by atoms with E-state index in [-0.39, 0.29) is 44.7 Å². The molecule has 1 atom stereocenters. The van der Waals surface area contributed by atoms with Crippen LogP contribution >= 0.6 is 0 Å². The predicted octanol–water partition coefficient (Wildman–Crippen LogP) is 2.40. The summed E-state index contributed by atoms with van der Waals surface area (Å²) in [6, 6.07) is 3.80. The maximum absolute atomic E-state index is 12.6. The van der Waals surface area contributed by atoms with Crippen molar-refractivity contribution in [2.45, 2.75) is 18.8 Å². The highest BCUT2D eigenvalue weighted by Crippen LogP contribution is 2.29. The fraction of sp³-hybridized carbons (Fsp3) is 0.526. The van der Waals surface area contributed by atoms with Crippen LogP contribution in [0, 0.1) is 5.92 Å². The molecule has 3 rings (SSSR count). The van der Waals surface area contributed by atoms with Gasteiger partial charge < -0.3 is 14.7 Å². The van der Waals surface area contributed by atoms with Crippen molar-refractivity contribution < 1.29 is 40.7 Å². The number of nitrogens with zero attached hydrogens (tertiary/aromatic N) is 3. The van der Waals surface area contributed by atoms with Crippen molar-refractivity contribution in [3.05, 3.63) is 35.4 Å². The third kappa shape index (κ3) is 5.47. The summed E-state index contributed by atoms with van der Waals surface area (Å²) in [6.45, 7) is -1.21. The van der Waals surface area contributed by atoms with Crippen molar-refractivity contribution in [2.24, 2.45) is 5.92 Å². The Morgan fingerprint density at radius 3 is 1.97 bits per heavy atom. The summed E-state index contributed by atoms with van der Waals surface area (Å²) in [5, 5.41) is 0. The van der Waals surface area contributed by atoms with Gasteiger partial charge in [0.1, 0.15) is 6.54 Å². The molecule has 12 heteroatoms. The Hall–Kier alpha value is -2.79. The molecule has 3 amide bonds. The molecule has 31 heavy (non-hydrogen) atoms. The van der Waals surface area contributed by atoms with E-state index in [9.17, 15) is 40.7 Å². The van der Waals surface area contributed by atoms with E-state index in [1.165, 1.54) is 9.80 Å². The molecule has 0 bridgehead atoms. The number of hydrogen-bond donors (Lipinski definition) is 0. The lowest BCUT2D eigenvalue weighted by Gasteiger charge is -2.36. The van der Waals surface area contributed by atoms with Gasteiger partial charge in [-0.15, -0.1) is 0 Å². The van der Waals surface area contributed by atoms with Gasteiger partial charge in [0.05, 0.1) is 11.5 Å². The summed E-state index contributed by atoms with van der Waals surface area (Å²) in [5.74, 6) is -2.52. The molecule has 0 aromatic heterocycles. The predicted molar refractivity (Wildman–Crippen MR) is 94.7 cm³/mol. The van der Waals surface area contributed by atoms with Gasteiger partial charge in [-0.1, -0.05) is 0 Å². The van der Waals surface area contributed by atoms with Crippen molar-refractivity contribution in [1.29, 1.82) is 0 Å². The van der Waals surface area contributed by atoms with Crippen LogP contribution in [-0.4, -0.2) is 77.9 Å². The molecule has 2 fully saturated rings. The molecule has 0 aliphatic carbocycles. The molecule has 1 aromatic rings. The SMILES string of the molecule is O=C1CC(C(=O)N2CCN(C(=O)c3ccc(C(F)(F)F)cc3)CC2)CN1CC(F)(F)F. The van der Waals surface area contributed by atoms with Gasteiger partial charge in [-0.3, -0.25) is 14.4 Å². The summed E-state index contributed by atoms with van der Waals surface area (Å²) < 4.78 is 75.5. The van der Waals surface area contributed by atoms with Crippen molar-refractivity contribution in [2.75, 3.05) is 39.3 Å². The minimum atomic E-state index is -4.54. The van der Waals surface area contributed by atoms with Gasteiger partial charge in [-0.2, -0.15) is 26.3 Å². The molecule has 0 spiro atoms. The third-order valence-corrected chi connectivity index (χ3v) is 5.27. The van der Waals surface area contributed by atoms with Crippen molar-refractivity contribution >= 4 is 17.7 Å². The highest BCUT2D eigenvalue weighted by Gasteiger charge is 2.42. The van der Waals surface area contributed by atoms with Gasteiger partial charge in [0.15, 0.2) is 0 Å². The maximum Gasteiger partial charge on any atom is 0.416 e. The van der Waals surface area contributed by atoms with Crippen LogP contribution in [0.2, 0.25) is 0 Å². The zero-order chi connectivity index (χ0) is 23.0. The smallest absolute Gasteiger partial charge is 0.339 e. The summed E-state index contributed by atoms with van der Waals surface area (Å²) in [7, 11) is 0. The number of piperazine rings is 1. The van der Waals surface area contributed by atoms with E-state index in [4.69, 9.17) is 0 Å². The van der Waals surface area contributed by atoms with Gasteiger partial charge in [0.2, 0.25) is 11.8 Å². The molecule has 2 saturated heterocycles. The summed E-state index contributed by atoms with van der Waals surface area (Å²) in [4.78, 5) is 40.3. The van der Waals surface area contributed by atoms with Crippen LogP contribution < -0.4 is 0 Å². The van der Waals surface area contributed by atoms with Gasteiger partial charge in [0, 0.05) is 44.7 Å². The topological polar surface area (TPSA) is 60.9 Å². The summed E-state index contributed by atoms with van der Waals surface area (Å²) in [6.07, 6.45) is -9.34. The first-order chi connectivity index (χ1) is 14.3. The molecular formula is C19H19F6N3O3.